The van der Waals surface area contributed by atoms with Crippen molar-refractivity contribution in [3.05, 3.63) is 65.0 Å². The minimum atomic E-state index is -0.268. The number of halogens is 1. The standard InChI is InChI=1S/C23H27FN2O2/c1-3-16-6-5-7-17(4-2)21(16)26-23(28)20-14-19(20)22(27)25-13-12-15-8-10-18(24)11-9-15/h5-11,19-20H,3-4,12-14H2,1-2H3,(H,25,27)(H,26,28). The Labute approximate surface area is 165 Å². The molecule has 1 saturated carbocycles. The molecular weight excluding hydrogens is 355 g/mol. The molecule has 0 radical (unpaired) electrons. The van der Waals surface area contributed by atoms with Gasteiger partial charge in [0.25, 0.3) is 0 Å². The molecule has 4 nitrogen and oxygen atoms in total. The van der Waals surface area contributed by atoms with E-state index in [1.165, 1.54) is 12.1 Å². The number of carbonyl (C=O) groups is 2. The van der Waals surface area contributed by atoms with Gasteiger partial charge in [-0.15, -0.1) is 0 Å². The van der Waals surface area contributed by atoms with E-state index < -0.39 is 0 Å². The van der Waals surface area contributed by atoms with Crippen LogP contribution < -0.4 is 10.6 Å². The van der Waals surface area contributed by atoms with Crippen LogP contribution in [0.1, 0.15) is 37.0 Å². The highest BCUT2D eigenvalue weighted by Gasteiger charge is 2.48. The lowest BCUT2D eigenvalue weighted by molar-refractivity contribution is -0.125. The molecule has 0 aromatic heterocycles. The van der Waals surface area contributed by atoms with Crippen LogP contribution in [0, 0.1) is 17.7 Å². The molecule has 0 heterocycles. The Morgan fingerprint density at radius 3 is 2.18 bits per heavy atom. The Morgan fingerprint density at radius 1 is 0.964 bits per heavy atom. The van der Waals surface area contributed by atoms with E-state index >= 15 is 0 Å². The summed E-state index contributed by atoms with van der Waals surface area (Å²) >= 11 is 0. The highest BCUT2D eigenvalue weighted by Crippen LogP contribution is 2.40. The van der Waals surface area contributed by atoms with Crippen molar-refractivity contribution in [2.75, 3.05) is 11.9 Å². The molecule has 2 aromatic carbocycles. The second kappa shape index (κ2) is 9.00. The molecule has 2 N–H and O–H groups in total. The smallest absolute Gasteiger partial charge is 0.228 e. The van der Waals surface area contributed by atoms with Gasteiger partial charge >= 0.3 is 0 Å². The predicted octanol–water partition coefficient (Wildman–Crippen LogP) is 3.88. The van der Waals surface area contributed by atoms with Gasteiger partial charge in [0.05, 0.1) is 11.8 Å². The normalized spacial score (nSPS) is 17.8. The molecule has 0 bridgehead atoms. The fourth-order valence-corrected chi connectivity index (χ4v) is 3.51. The molecule has 148 valence electrons. The van der Waals surface area contributed by atoms with Crippen LogP contribution >= 0.6 is 0 Å². The van der Waals surface area contributed by atoms with Gasteiger partial charge in [0, 0.05) is 12.2 Å². The fourth-order valence-electron chi connectivity index (χ4n) is 3.51. The summed E-state index contributed by atoms with van der Waals surface area (Å²) in [5, 5.41) is 5.95. The maximum atomic E-state index is 12.9. The van der Waals surface area contributed by atoms with Gasteiger partial charge < -0.3 is 10.6 Å². The Kier molecular flexibility index (Phi) is 6.45. The van der Waals surface area contributed by atoms with Crippen molar-refractivity contribution < 1.29 is 14.0 Å². The summed E-state index contributed by atoms with van der Waals surface area (Å²) in [5.41, 5.74) is 4.11. The maximum absolute atomic E-state index is 12.9. The van der Waals surface area contributed by atoms with Crippen LogP contribution in [0.15, 0.2) is 42.5 Å². The van der Waals surface area contributed by atoms with Crippen LogP contribution in [0.5, 0.6) is 0 Å². The van der Waals surface area contributed by atoms with Crippen LogP contribution in [0.4, 0.5) is 10.1 Å². The first-order valence-electron chi connectivity index (χ1n) is 9.97. The number of anilines is 1. The average Bonchev–Trinajstić information content (AvgIpc) is 3.50. The minimum Gasteiger partial charge on any atom is -0.356 e. The van der Waals surface area contributed by atoms with E-state index in [-0.39, 0.29) is 29.5 Å². The molecule has 2 aromatic rings. The third-order valence-electron chi connectivity index (χ3n) is 5.34. The molecule has 5 heteroatoms. The number of rotatable bonds is 8. The largest absolute Gasteiger partial charge is 0.356 e. The van der Waals surface area contributed by atoms with Crippen molar-refractivity contribution in [2.24, 2.45) is 11.8 Å². The average molecular weight is 382 g/mol. The molecule has 2 unspecified atom stereocenters. The molecule has 1 aliphatic carbocycles. The summed E-state index contributed by atoms with van der Waals surface area (Å²) in [7, 11) is 0. The third-order valence-corrected chi connectivity index (χ3v) is 5.34. The number of amides is 2. The quantitative estimate of drug-likeness (QED) is 0.728. The van der Waals surface area contributed by atoms with Crippen LogP contribution in [-0.4, -0.2) is 18.4 Å². The van der Waals surface area contributed by atoms with Gasteiger partial charge in [-0.3, -0.25) is 9.59 Å². The monoisotopic (exact) mass is 382 g/mol. The summed E-state index contributed by atoms with van der Waals surface area (Å²) < 4.78 is 12.9. The van der Waals surface area contributed by atoms with Crippen molar-refractivity contribution in [3.8, 4) is 0 Å². The molecule has 1 fully saturated rings. The number of benzene rings is 2. The summed E-state index contributed by atoms with van der Waals surface area (Å²) in [6, 6.07) is 12.3. The fraction of sp³-hybridized carbons (Fsp3) is 0.391. The van der Waals surface area contributed by atoms with E-state index in [0.717, 1.165) is 35.2 Å². The molecule has 2 amide bonds. The SMILES string of the molecule is CCc1cccc(CC)c1NC(=O)C1CC1C(=O)NCCc1ccc(F)cc1. The number of carbonyl (C=O) groups excluding carboxylic acids is 2. The second-order valence-corrected chi connectivity index (χ2v) is 7.26. The Bertz CT molecular complexity index is 826. The second-order valence-electron chi connectivity index (χ2n) is 7.26. The van der Waals surface area contributed by atoms with E-state index in [9.17, 15) is 14.0 Å². The van der Waals surface area contributed by atoms with E-state index in [0.29, 0.717) is 19.4 Å². The lowest BCUT2D eigenvalue weighted by Crippen LogP contribution is -2.29. The first-order valence-corrected chi connectivity index (χ1v) is 9.97. The number of nitrogens with one attached hydrogen (secondary N) is 2. The number of hydrogen-bond acceptors (Lipinski definition) is 2. The third kappa shape index (κ3) is 4.77. The molecular formula is C23H27FN2O2. The van der Waals surface area contributed by atoms with Gasteiger partial charge in [0.2, 0.25) is 11.8 Å². The van der Waals surface area contributed by atoms with Crippen molar-refractivity contribution in [1.82, 2.24) is 5.32 Å². The zero-order valence-electron chi connectivity index (χ0n) is 16.4. The number of para-hydroxylation sites is 1. The van der Waals surface area contributed by atoms with Gasteiger partial charge in [0.15, 0.2) is 0 Å². The van der Waals surface area contributed by atoms with E-state index in [4.69, 9.17) is 0 Å². The van der Waals surface area contributed by atoms with Crippen LogP contribution in [0.2, 0.25) is 0 Å². The Hall–Kier alpha value is -2.69. The zero-order valence-corrected chi connectivity index (χ0v) is 16.4. The van der Waals surface area contributed by atoms with Crippen LogP contribution in [0.25, 0.3) is 0 Å². The van der Waals surface area contributed by atoms with Crippen LogP contribution in [0.3, 0.4) is 0 Å². The lowest BCUT2D eigenvalue weighted by atomic mass is 10.0. The highest BCUT2D eigenvalue weighted by molar-refractivity contribution is 6.00. The minimum absolute atomic E-state index is 0.0747. The van der Waals surface area contributed by atoms with E-state index in [1.807, 2.05) is 18.2 Å². The highest BCUT2D eigenvalue weighted by atomic mass is 19.1. The Balaban J connectivity index is 1.50. The summed E-state index contributed by atoms with van der Waals surface area (Å²) in [4.78, 5) is 24.9. The topological polar surface area (TPSA) is 58.2 Å². The van der Waals surface area contributed by atoms with Crippen molar-refractivity contribution in [2.45, 2.75) is 39.5 Å². The molecule has 0 spiro atoms. The van der Waals surface area contributed by atoms with Crippen molar-refractivity contribution >= 4 is 17.5 Å². The van der Waals surface area contributed by atoms with Gasteiger partial charge in [0.1, 0.15) is 5.82 Å². The van der Waals surface area contributed by atoms with E-state index in [1.54, 1.807) is 12.1 Å². The summed E-state index contributed by atoms with van der Waals surface area (Å²) in [6.45, 7) is 4.62. The first kappa shape index (κ1) is 20.1. The van der Waals surface area contributed by atoms with Gasteiger partial charge in [-0.2, -0.15) is 0 Å². The van der Waals surface area contributed by atoms with Crippen LogP contribution in [-0.2, 0) is 28.9 Å². The molecule has 28 heavy (non-hydrogen) atoms. The molecule has 2 atom stereocenters. The van der Waals surface area contributed by atoms with Crippen molar-refractivity contribution in [3.63, 3.8) is 0 Å². The van der Waals surface area contributed by atoms with E-state index in [2.05, 4.69) is 24.5 Å². The van der Waals surface area contributed by atoms with Crippen molar-refractivity contribution in [1.29, 1.82) is 0 Å². The number of aryl methyl sites for hydroxylation is 2. The lowest BCUT2D eigenvalue weighted by Gasteiger charge is -2.14. The first-order chi connectivity index (χ1) is 13.5. The zero-order chi connectivity index (χ0) is 20.1. The van der Waals surface area contributed by atoms with Gasteiger partial charge in [-0.1, -0.05) is 44.2 Å². The maximum Gasteiger partial charge on any atom is 0.228 e. The van der Waals surface area contributed by atoms with Gasteiger partial charge in [-0.05, 0) is 54.5 Å². The summed E-state index contributed by atoms with van der Waals surface area (Å²) in [5.74, 6) is -0.945. The molecule has 0 aliphatic heterocycles. The molecule has 3 rings (SSSR count). The molecule has 0 saturated heterocycles. The predicted molar refractivity (Wildman–Crippen MR) is 109 cm³/mol. The number of hydrogen-bond donors (Lipinski definition) is 2. The summed E-state index contributed by atoms with van der Waals surface area (Å²) in [6.07, 6.45) is 2.92. The molecule has 1 aliphatic rings. The van der Waals surface area contributed by atoms with Gasteiger partial charge in [-0.25, -0.2) is 4.39 Å². The Morgan fingerprint density at radius 2 is 1.57 bits per heavy atom.